The minimum Gasteiger partial charge on any atom is -0.320 e. The molecule has 0 fully saturated rings. The van der Waals surface area contributed by atoms with Gasteiger partial charge in [-0.1, -0.05) is 12.1 Å². The minimum atomic E-state index is -6.75. The van der Waals surface area contributed by atoms with Crippen molar-refractivity contribution in [1.82, 2.24) is 0 Å². The normalized spacial score (nSPS) is 12.7. The van der Waals surface area contributed by atoms with Crippen LogP contribution < -0.4 is 10.2 Å². The molecule has 43 heavy (non-hydrogen) atoms. The molecule has 0 bridgehead atoms. The number of nitrogens with one attached hydrogen (secondary N) is 1. The van der Waals surface area contributed by atoms with Crippen LogP contribution in [0.15, 0.2) is 48.5 Å². The van der Waals surface area contributed by atoms with Crippen molar-refractivity contribution in [3.8, 4) is 0 Å². The third-order valence-corrected chi connectivity index (χ3v) is 6.73. The van der Waals surface area contributed by atoms with Gasteiger partial charge in [-0.2, -0.15) is 39.5 Å². The van der Waals surface area contributed by atoms with E-state index in [1.165, 1.54) is 5.32 Å². The lowest BCUT2D eigenvalue weighted by molar-refractivity contribution is -0.348. The number of anilines is 2. The van der Waals surface area contributed by atoms with Gasteiger partial charge in [-0.3, -0.25) is 9.59 Å². The summed E-state index contributed by atoms with van der Waals surface area (Å²) >= 11 is 0.814. The maximum Gasteiger partial charge on any atom is 0.435 e. The van der Waals surface area contributed by atoms with Crippen LogP contribution in [0.3, 0.4) is 0 Å². The average Bonchev–Trinajstić information content (AvgIpc) is 2.86. The molecule has 0 aliphatic carbocycles. The average molecular weight is 746 g/mol. The van der Waals surface area contributed by atoms with Crippen molar-refractivity contribution in [2.45, 2.75) is 24.2 Å². The Bertz CT molecular complexity index is 1550. The molecule has 1 N–H and O–H groups in total. The van der Waals surface area contributed by atoms with Crippen LogP contribution in [0.5, 0.6) is 0 Å². The van der Waals surface area contributed by atoms with Crippen LogP contribution in [0.4, 0.5) is 68.5 Å². The molecule has 0 saturated carbocycles. The van der Waals surface area contributed by atoms with E-state index in [1.54, 1.807) is 0 Å². The number of amides is 2. The number of alkyl halides is 10. The second-order valence-corrected chi connectivity index (χ2v) is 9.75. The molecule has 0 unspecified atom stereocenters. The predicted molar refractivity (Wildman–Crippen MR) is 133 cm³/mol. The Morgan fingerprint density at radius 2 is 1.30 bits per heavy atom. The lowest BCUT2D eigenvalue weighted by atomic mass is 9.92. The molecule has 0 heterocycles. The van der Waals surface area contributed by atoms with E-state index in [0.717, 1.165) is 47.8 Å². The number of carbonyl (C=O) groups is 2. The number of hydrogen-bond acceptors (Lipinski definition) is 2. The number of rotatable bonds is 5. The monoisotopic (exact) mass is 746 g/mol. The first-order chi connectivity index (χ1) is 19.5. The summed E-state index contributed by atoms with van der Waals surface area (Å²) in [6.07, 6.45) is -19.3. The summed E-state index contributed by atoms with van der Waals surface area (Å²) < 4.78 is 177. The van der Waals surface area contributed by atoms with Crippen LogP contribution in [-0.2, 0) is 11.8 Å². The molecule has 0 aliphatic rings. The highest BCUT2D eigenvalue weighted by atomic mass is 127. The van der Waals surface area contributed by atoms with Crippen molar-refractivity contribution in [3.63, 3.8) is 0 Å². The molecule has 232 valence electrons. The van der Waals surface area contributed by atoms with E-state index in [-0.39, 0.29) is 6.07 Å². The zero-order chi connectivity index (χ0) is 32.9. The molecule has 3 aromatic rings. The smallest absolute Gasteiger partial charge is 0.320 e. The fourth-order valence-corrected chi connectivity index (χ4v) is 4.52. The number of halogens is 14. The van der Waals surface area contributed by atoms with Gasteiger partial charge in [0.15, 0.2) is 5.82 Å². The standard InChI is InChI=1S/C25H12F13IN2O2/c1-41(21(43)17-13(26)5-3-6-14(17)27)16-7-2-4-11(18(16)28)20(42)40-19-12(23(30,31)32)8-10(9-15(19)39)22(29,24(33,34)35)25(36,37)38/h2-9H,1H3,(H,40,42). The van der Waals surface area contributed by atoms with Crippen LogP contribution in [0.25, 0.3) is 0 Å². The summed E-state index contributed by atoms with van der Waals surface area (Å²) in [6.45, 7) is 0. The molecule has 2 amide bonds. The quantitative estimate of drug-likeness (QED) is 0.210. The van der Waals surface area contributed by atoms with Gasteiger partial charge in [-0.05, 0) is 59.0 Å². The van der Waals surface area contributed by atoms with Crippen molar-refractivity contribution < 1.29 is 66.7 Å². The zero-order valence-corrected chi connectivity index (χ0v) is 22.8. The third kappa shape index (κ3) is 6.23. The lowest BCUT2D eigenvalue weighted by Gasteiger charge is -2.31. The Morgan fingerprint density at radius 3 is 1.79 bits per heavy atom. The summed E-state index contributed by atoms with van der Waals surface area (Å²) in [4.78, 5) is 25.8. The van der Waals surface area contributed by atoms with Gasteiger partial charge in [0.1, 0.15) is 17.2 Å². The molecule has 0 aliphatic heterocycles. The number of hydrogen-bond donors (Lipinski definition) is 1. The highest BCUT2D eigenvalue weighted by Crippen LogP contribution is 2.54. The van der Waals surface area contributed by atoms with Crippen LogP contribution in [0.2, 0.25) is 0 Å². The van der Waals surface area contributed by atoms with E-state index in [0.29, 0.717) is 23.1 Å². The number of benzene rings is 3. The van der Waals surface area contributed by atoms with Crippen molar-refractivity contribution in [2.75, 3.05) is 17.3 Å². The van der Waals surface area contributed by atoms with Gasteiger partial charge < -0.3 is 10.2 Å². The number of nitrogens with zero attached hydrogens (tertiary/aromatic N) is 1. The van der Waals surface area contributed by atoms with E-state index in [9.17, 15) is 62.3 Å². The maximum atomic E-state index is 15.3. The second kappa shape index (κ2) is 11.5. The number of carbonyl (C=O) groups excluding carboxylic acids is 2. The molecule has 0 atom stereocenters. The fraction of sp³-hybridized carbons (Fsp3) is 0.200. The predicted octanol–water partition coefficient (Wildman–Crippen LogP) is 8.55. The largest absolute Gasteiger partial charge is 0.435 e. The van der Waals surface area contributed by atoms with E-state index in [2.05, 4.69) is 0 Å². The molecule has 0 radical (unpaired) electrons. The van der Waals surface area contributed by atoms with Gasteiger partial charge in [0.05, 0.1) is 22.5 Å². The molecule has 0 spiro atoms. The lowest BCUT2D eigenvalue weighted by Crippen LogP contribution is -2.50. The van der Waals surface area contributed by atoms with Crippen molar-refractivity contribution in [3.05, 3.63) is 91.8 Å². The molecule has 0 saturated heterocycles. The Morgan fingerprint density at radius 1 is 0.791 bits per heavy atom. The van der Waals surface area contributed by atoms with Gasteiger partial charge in [-0.25, -0.2) is 17.6 Å². The van der Waals surface area contributed by atoms with Crippen LogP contribution >= 0.6 is 22.6 Å². The Labute approximate surface area is 245 Å². The second-order valence-electron chi connectivity index (χ2n) is 8.59. The van der Waals surface area contributed by atoms with Gasteiger partial charge in [-0.15, -0.1) is 0 Å². The summed E-state index contributed by atoms with van der Waals surface area (Å²) in [5.41, 5.74) is -15.5. The summed E-state index contributed by atoms with van der Waals surface area (Å²) in [7, 11) is 0.836. The van der Waals surface area contributed by atoms with Crippen molar-refractivity contribution in [2.24, 2.45) is 0 Å². The highest BCUT2D eigenvalue weighted by Gasteiger charge is 2.73. The van der Waals surface area contributed by atoms with Crippen LogP contribution in [0.1, 0.15) is 31.8 Å². The minimum absolute atomic E-state index is 0.228. The first kappa shape index (κ1) is 33.9. The topological polar surface area (TPSA) is 49.4 Å². The van der Waals surface area contributed by atoms with Gasteiger partial charge in [0, 0.05) is 16.2 Å². The van der Waals surface area contributed by atoms with Crippen LogP contribution in [0, 0.1) is 21.0 Å². The Kier molecular flexibility index (Phi) is 9.06. The van der Waals surface area contributed by atoms with Crippen molar-refractivity contribution in [1.29, 1.82) is 0 Å². The third-order valence-electron chi connectivity index (χ3n) is 5.88. The molecule has 3 aromatic carbocycles. The van der Waals surface area contributed by atoms with E-state index in [4.69, 9.17) is 0 Å². The van der Waals surface area contributed by atoms with Crippen molar-refractivity contribution >= 4 is 45.8 Å². The maximum absolute atomic E-state index is 15.3. The molecule has 0 aromatic heterocycles. The molecular formula is C25H12F13IN2O2. The van der Waals surface area contributed by atoms with Gasteiger partial charge >= 0.3 is 24.2 Å². The molecule has 3 rings (SSSR count). The summed E-state index contributed by atoms with van der Waals surface area (Å²) in [6, 6.07) is 3.75. The van der Waals surface area contributed by atoms with E-state index < -0.39 is 96.7 Å². The highest BCUT2D eigenvalue weighted by molar-refractivity contribution is 14.1. The fourth-order valence-electron chi connectivity index (χ4n) is 3.76. The molecule has 4 nitrogen and oxygen atoms in total. The first-order valence-electron chi connectivity index (χ1n) is 11.1. The van der Waals surface area contributed by atoms with Gasteiger partial charge in [0.2, 0.25) is 0 Å². The molecular weight excluding hydrogens is 734 g/mol. The first-order valence-corrected chi connectivity index (χ1v) is 12.2. The Hall–Kier alpha value is -3.58. The van der Waals surface area contributed by atoms with E-state index in [1.807, 2.05) is 0 Å². The zero-order valence-electron chi connectivity index (χ0n) is 20.7. The summed E-state index contributed by atoms with van der Waals surface area (Å²) in [5.74, 6) is -7.48. The SMILES string of the molecule is CN(C(=O)c1c(F)cccc1F)c1cccc(C(=O)Nc2c(I)cc(C(F)(C(F)(F)F)C(F)(F)F)cc2C(F)(F)F)c1F. The summed E-state index contributed by atoms with van der Waals surface area (Å²) in [5, 5.41) is 1.53. The Balaban J connectivity index is 2.10. The van der Waals surface area contributed by atoms with Crippen LogP contribution in [-0.4, -0.2) is 31.2 Å². The van der Waals surface area contributed by atoms with E-state index >= 15 is 4.39 Å². The molecule has 18 heteroatoms. The van der Waals surface area contributed by atoms with Gasteiger partial charge in [0.25, 0.3) is 11.8 Å².